The molecule has 0 bridgehead atoms. The Bertz CT molecular complexity index is 1120. The Hall–Kier alpha value is -2.95. The zero-order valence-electron chi connectivity index (χ0n) is 18.1. The average molecular weight is 443 g/mol. The van der Waals surface area contributed by atoms with E-state index >= 15 is 0 Å². The minimum atomic E-state index is 0.544. The summed E-state index contributed by atoms with van der Waals surface area (Å²) in [6.07, 6.45) is 7.94. The maximum Gasteiger partial charge on any atom is 0.0737 e. The van der Waals surface area contributed by atoms with Crippen molar-refractivity contribution in [3.8, 4) is 0 Å². The van der Waals surface area contributed by atoms with Gasteiger partial charge in [-0.2, -0.15) is 0 Å². The summed E-state index contributed by atoms with van der Waals surface area (Å²) in [6.45, 7) is 3.98. The van der Waals surface area contributed by atoms with E-state index in [0.717, 1.165) is 49.6 Å². The Labute approximate surface area is 194 Å². The second kappa shape index (κ2) is 9.68. The smallest absolute Gasteiger partial charge is 0.0737 e. The summed E-state index contributed by atoms with van der Waals surface area (Å²) < 4.78 is 0. The van der Waals surface area contributed by atoms with Gasteiger partial charge in [0.1, 0.15) is 0 Å². The van der Waals surface area contributed by atoms with E-state index in [-0.39, 0.29) is 0 Å². The maximum atomic E-state index is 6.18. The van der Waals surface area contributed by atoms with Gasteiger partial charge in [-0.05, 0) is 60.4 Å². The molecule has 0 radical (unpaired) electrons. The van der Waals surface area contributed by atoms with E-state index in [1.807, 2.05) is 30.7 Å². The summed E-state index contributed by atoms with van der Waals surface area (Å²) in [5.41, 5.74) is 4.89. The fourth-order valence-corrected chi connectivity index (χ4v) is 4.87. The predicted molar refractivity (Wildman–Crippen MR) is 132 cm³/mol. The molecule has 4 aromatic rings. The number of halogens is 1. The average Bonchev–Trinajstić information content (AvgIpc) is 2.84. The lowest BCUT2D eigenvalue weighted by atomic mass is 10.00. The number of pyridine rings is 2. The first-order valence-corrected chi connectivity index (χ1v) is 11.6. The lowest BCUT2D eigenvalue weighted by Crippen LogP contribution is -2.44. The van der Waals surface area contributed by atoms with Crippen molar-refractivity contribution in [2.45, 2.75) is 32.0 Å². The highest BCUT2D eigenvalue weighted by Gasteiger charge is 2.26. The molecular weight excluding hydrogens is 416 g/mol. The van der Waals surface area contributed by atoms with Crippen LogP contribution in [0.15, 0.2) is 85.3 Å². The van der Waals surface area contributed by atoms with Crippen LogP contribution in [0.1, 0.15) is 24.0 Å². The zero-order valence-corrected chi connectivity index (χ0v) is 18.8. The molecule has 2 aromatic carbocycles. The van der Waals surface area contributed by atoms with Crippen molar-refractivity contribution in [3.63, 3.8) is 0 Å². The molecule has 1 aliphatic heterocycles. The fourth-order valence-electron chi connectivity index (χ4n) is 4.71. The number of piperidine rings is 1. The van der Waals surface area contributed by atoms with Gasteiger partial charge in [-0.15, -0.1) is 0 Å². The van der Waals surface area contributed by atoms with Crippen LogP contribution in [0.3, 0.4) is 0 Å². The van der Waals surface area contributed by atoms with Crippen molar-refractivity contribution < 1.29 is 0 Å². The first-order valence-electron chi connectivity index (χ1n) is 11.2. The number of fused-ring (bicyclic) bond motifs is 1. The minimum absolute atomic E-state index is 0.544. The minimum Gasteiger partial charge on any atom is -0.371 e. The number of aromatic nitrogens is 2. The first kappa shape index (κ1) is 20.9. The van der Waals surface area contributed by atoms with Crippen LogP contribution >= 0.6 is 11.6 Å². The Balaban J connectivity index is 1.33. The molecule has 0 aliphatic carbocycles. The van der Waals surface area contributed by atoms with E-state index in [0.29, 0.717) is 6.04 Å². The third-order valence-corrected chi connectivity index (χ3v) is 6.60. The van der Waals surface area contributed by atoms with Gasteiger partial charge in [-0.25, -0.2) is 0 Å². The summed E-state index contributed by atoms with van der Waals surface area (Å²) in [7, 11) is 0. The second-order valence-electron chi connectivity index (χ2n) is 8.46. The summed E-state index contributed by atoms with van der Waals surface area (Å²) in [5.74, 6) is 0. The maximum absolute atomic E-state index is 6.18. The highest BCUT2D eigenvalue weighted by molar-refractivity contribution is 6.31. The van der Waals surface area contributed by atoms with Gasteiger partial charge in [0.05, 0.1) is 5.52 Å². The quantitative estimate of drug-likeness (QED) is 0.369. The Morgan fingerprint density at radius 1 is 0.844 bits per heavy atom. The monoisotopic (exact) mass is 442 g/mol. The van der Waals surface area contributed by atoms with Gasteiger partial charge < -0.3 is 4.90 Å². The van der Waals surface area contributed by atoms with Crippen LogP contribution < -0.4 is 4.90 Å². The molecule has 0 saturated carbocycles. The number of anilines is 1. The SMILES string of the molecule is Clc1ccc2c(N3CCC(N(Cc4ccccc4)Cc4ccncc4)CC3)ccnc2c1. The molecule has 2 aromatic heterocycles. The van der Waals surface area contributed by atoms with Crippen molar-refractivity contribution in [2.75, 3.05) is 18.0 Å². The number of nitrogens with zero attached hydrogens (tertiary/aromatic N) is 4. The summed E-state index contributed by atoms with van der Waals surface area (Å²) in [6, 6.07) is 23.7. The fraction of sp³-hybridized carbons (Fsp3) is 0.259. The Morgan fingerprint density at radius 3 is 2.31 bits per heavy atom. The van der Waals surface area contributed by atoms with E-state index in [1.54, 1.807) is 0 Å². The van der Waals surface area contributed by atoms with Crippen LogP contribution in [0, 0.1) is 0 Å². The molecule has 0 amide bonds. The van der Waals surface area contributed by atoms with Crippen LogP contribution in [-0.2, 0) is 13.1 Å². The normalized spacial score (nSPS) is 14.9. The molecule has 0 spiro atoms. The van der Waals surface area contributed by atoms with Crippen LogP contribution in [-0.4, -0.2) is 34.0 Å². The first-order chi connectivity index (χ1) is 15.8. The highest BCUT2D eigenvalue weighted by atomic mass is 35.5. The van der Waals surface area contributed by atoms with Gasteiger partial charge in [0.25, 0.3) is 0 Å². The molecule has 4 nitrogen and oxygen atoms in total. The summed E-state index contributed by atoms with van der Waals surface area (Å²) >= 11 is 6.18. The second-order valence-corrected chi connectivity index (χ2v) is 8.89. The molecule has 1 fully saturated rings. The molecule has 1 aliphatic rings. The summed E-state index contributed by atoms with van der Waals surface area (Å²) in [4.78, 5) is 13.8. The molecule has 5 heteroatoms. The largest absolute Gasteiger partial charge is 0.371 e. The topological polar surface area (TPSA) is 32.3 Å². The van der Waals surface area contributed by atoms with Crippen molar-refractivity contribution >= 4 is 28.2 Å². The van der Waals surface area contributed by atoms with Gasteiger partial charge in [-0.3, -0.25) is 14.9 Å². The van der Waals surface area contributed by atoms with Crippen LogP contribution in [0.5, 0.6) is 0 Å². The predicted octanol–water partition coefficient (Wildman–Crippen LogP) is 5.95. The standard InChI is InChI=1S/C27H27ClN4/c28-23-6-7-25-26(18-23)30-15-10-27(25)31-16-11-24(12-17-31)32(19-21-4-2-1-3-5-21)20-22-8-13-29-14-9-22/h1-10,13-15,18,24H,11-12,16-17,19-20H2. The number of benzene rings is 2. The van der Waals surface area contributed by atoms with Gasteiger partial charge in [0, 0.05) is 66.9 Å². The van der Waals surface area contributed by atoms with Gasteiger partial charge in [-0.1, -0.05) is 41.9 Å². The van der Waals surface area contributed by atoms with E-state index in [1.165, 1.54) is 22.2 Å². The van der Waals surface area contributed by atoms with Crippen LogP contribution in [0.2, 0.25) is 5.02 Å². The van der Waals surface area contributed by atoms with E-state index in [2.05, 4.69) is 74.4 Å². The molecule has 1 saturated heterocycles. The van der Waals surface area contributed by atoms with Gasteiger partial charge in [0.2, 0.25) is 0 Å². The van der Waals surface area contributed by atoms with E-state index in [9.17, 15) is 0 Å². The number of rotatable bonds is 6. The van der Waals surface area contributed by atoms with Gasteiger partial charge >= 0.3 is 0 Å². The summed E-state index contributed by atoms with van der Waals surface area (Å²) in [5, 5.41) is 1.90. The highest BCUT2D eigenvalue weighted by Crippen LogP contribution is 2.31. The molecular formula is C27H27ClN4. The van der Waals surface area contributed by atoms with Crippen molar-refractivity contribution in [3.05, 3.63) is 101 Å². The van der Waals surface area contributed by atoms with Crippen molar-refractivity contribution in [1.29, 1.82) is 0 Å². The lowest BCUT2D eigenvalue weighted by Gasteiger charge is -2.40. The van der Waals surface area contributed by atoms with E-state index in [4.69, 9.17) is 11.6 Å². The number of hydrogen-bond acceptors (Lipinski definition) is 4. The number of hydrogen-bond donors (Lipinski definition) is 0. The van der Waals surface area contributed by atoms with E-state index < -0.39 is 0 Å². The third kappa shape index (κ3) is 4.77. The van der Waals surface area contributed by atoms with Crippen LogP contribution in [0.4, 0.5) is 5.69 Å². The molecule has 5 rings (SSSR count). The Kier molecular flexibility index (Phi) is 6.33. The zero-order chi connectivity index (χ0) is 21.8. The van der Waals surface area contributed by atoms with Gasteiger partial charge in [0.15, 0.2) is 0 Å². The molecule has 0 N–H and O–H groups in total. The lowest BCUT2D eigenvalue weighted by molar-refractivity contribution is 0.152. The van der Waals surface area contributed by atoms with Crippen molar-refractivity contribution in [1.82, 2.24) is 14.9 Å². The molecule has 3 heterocycles. The Morgan fingerprint density at radius 2 is 1.56 bits per heavy atom. The molecule has 0 unspecified atom stereocenters. The van der Waals surface area contributed by atoms with Crippen molar-refractivity contribution in [2.24, 2.45) is 0 Å². The molecule has 32 heavy (non-hydrogen) atoms. The molecule has 162 valence electrons. The third-order valence-electron chi connectivity index (χ3n) is 6.37. The molecule has 0 atom stereocenters. The van der Waals surface area contributed by atoms with Crippen LogP contribution in [0.25, 0.3) is 10.9 Å².